The molecule has 45 heavy (non-hydrogen) atoms. The second-order valence-electron chi connectivity index (χ2n) is 10.5. The number of aliphatic carboxylic acids is 1. The summed E-state index contributed by atoms with van der Waals surface area (Å²) in [4.78, 5) is 78.3. The quantitative estimate of drug-likeness (QED) is 0.238. The summed E-state index contributed by atoms with van der Waals surface area (Å²) in [6.07, 6.45) is -0.707. The van der Waals surface area contributed by atoms with E-state index in [4.69, 9.17) is 26.8 Å². The van der Waals surface area contributed by atoms with Gasteiger partial charge in [-0.2, -0.15) is 0 Å². The van der Waals surface area contributed by atoms with Gasteiger partial charge in [0.2, 0.25) is 11.8 Å². The molecule has 16 heteroatoms. The highest BCUT2D eigenvalue weighted by Crippen LogP contribution is 2.27. The third-order valence-electron chi connectivity index (χ3n) is 7.24. The molecule has 0 aliphatic carbocycles. The molecule has 4 N–H and O–H groups in total. The molecule has 1 aromatic carbocycles. The van der Waals surface area contributed by atoms with Crippen molar-refractivity contribution >= 4 is 70.0 Å². The maximum absolute atomic E-state index is 13.4. The average molecular weight is 664 g/mol. The molecule has 2 aliphatic heterocycles. The zero-order valence-corrected chi connectivity index (χ0v) is 25.9. The number of rotatable bonds is 15. The van der Waals surface area contributed by atoms with Crippen molar-refractivity contribution < 1.29 is 43.3 Å². The SMILES string of the molecule is NC(=O)CC[C@H](NCCCCC(=O)N(C[C@H]1CN(c2ccc(N3CCOCC3=O)cc2)C(=O)O1)C(=O)c1ccc(Cl)s1)C(=O)O. The molecule has 0 saturated carbocycles. The lowest BCUT2D eigenvalue weighted by Crippen LogP contribution is -2.43. The lowest BCUT2D eigenvalue weighted by molar-refractivity contribution is -0.139. The van der Waals surface area contributed by atoms with Crippen LogP contribution in [0.5, 0.6) is 0 Å². The molecule has 1 aromatic heterocycles. The fourth-order valence-electron chi connectivity index (χ4n) is 4.91. The number of halogens is 1. The summed E-state index contributed by atoms with van der Waals surface area (Å²) in [6.45, 7) is 1.04. The first kappa shape index (κ1) is 33.8. The number of unbranched alkanes of at least 4 members (excludes halogenated alkanes) is 1. The molecule has 5 amide bonds. The Morgan fingerprint density at radius 2 is 1.78 bits per heavy atom. The zero-order valence-electron chi connectivity index (χ0n) is 24.3. The Bertz CT molecular complexity index is 1420. The van der Waals surface area contributed by atoms with Crippen LogP contribution in [0.1, 0.15) is 41.8 Å². The summed E-state index contributed by atoms with van der Waals surface area (Å²) in [5, 5.41) is 12.2. The van der Waals surface area contributed by atoms with E-state index in [1.807, 2.05) is 0 Å². The van der Waals surface area contributed by atoms with Crippen LogP contribution in [0.4, 0.5) is 16.2 Å². The second-order valence-corrected chi connectivity index (χ2v) is 12.2. The minimum absolute atomic E-state index is 0.00792. The second kappa shape index (κ2) is 15.8. The number of thiophene rings is 1. The van der Waals surface area contributed by atoms with Crippen LogP contribution in [-0.4, -0.2) is 97.2 Å². The number of morpholine rings is 1. The maximum atomic E-state index is 13.4. The normalized spacial score (nSPS) is 17.2. The molecule has 3 heterocycles. The molecule has 2 aromatic rings. The number of anilines is 2. The summed E-state index contributed by atoms with van der Waals surface area (Å²) in [7, 11) is 0. The molecule has 242 valence electrons. The number of nitrogens with zero attached hydrogens (tertiary/aromatic N) is 3. The molecule has 2 fully saturated rings. The number of hydrogen-bond acceptors (Lipinski definition) is 10. The van der Waals surface area contributed by atoms with E-state index in [1.54, 1.807) is 35.2 Å². The number of ether oxygens (including phenoxy) is 2. The number of benzene rings is 1. The molecule has 2 saturated heterocycles. The van der Waals surface area contributed by atoms with E-state index in [-0.39, 0.29) is 56.3 Å². The van der Waals surface area contributed by atoms with Gasteiger partial charge in [0.25, 0.3) is 11.8 Å². The van der Waals surface area contributed by atoms with Crippen LogP contribution in [0, 0.1) is 0 Å². The largest absolute Gasteiger partial charge is 0.480 e. The first-order chi connectivity index (χ1) is 21.5. The first-order valence-electron chi connectivity index (χ1n) is 14.3. The molecule has 2 aliphatic rings. The van der Waals surface area contributed by atoms with Crippen LogP contribution in [-0.2, 0) is 28.7 Å². The number of nitrogens with one attached hydrogen (secondary N) is 1. The van der Waals surface area contributed by atoms with E-state index in [0.717, 1.165) is 16.2 Å². The predicted molar refractivity (Wildman–Crippen MR) is 164 cm³/mol. The average Bonchev–Trinajstić information content (AvgIpc) is 3.61. The number of imide groups is 1. The van der Waals surface area contributed by atoms with Gasteiger partial charge in [-0.1, -0.05) is 11.6 Å². The number of carboxylic acid groups (broad SMARTS) is 1. The Labute approximate surface area is 268 Å². The first-order valence-corrected chi connectivity index (χ1v) is 15.5. The zero-order chi connectivity index (χ0) is 32.5. The molecule has 14 nitrogen and oxygen atoms in total. The Balaban J connectivity index is 1.36. The van der Waals surface area contributed by atoms with E-state index in [1.165, 1.54) is 11.0 Å². The number of hydrogen-bond donors (Lipinski definition) is 3. The maximum Gasteiger partial charge on any atom is 0.414 e. The fourth-order valence-corrected chi connectivity index (χ4v) is 5.90. The van der Waals surface area contributed by atoms with Gasteiger partial charge in [0, 0.05) is 30.8 Å². The van der Waals surface area contributed by atoms with E-state index in [9.17, 15) is 33.9 Å². The van der Waals surface area contributed by atoms with Gasteiger partial charge in [0.15, 0.2) is 0 Å². The van der Waals surface area contributed by atoms with Gasteiger partial charge < -0.3 is 30.5 Å². The highest BCUT2D eigenvalue weighted by molar-refractivity contribution is 7.18. The lowest BCUT2D eigenvalue weighted by Gasteiger charge is -2.27. The van der Waals surface area contributed by atoms with Gasteiger partial charge >= 0.3 is 12.1 Å². The number of carboxylic acids is 1. The Morgan fingerprint density at radius 1 is 1.07 bits per heavy atom. The minimum Gasteiger partial charge on any atom is -0.480 e. The highest BCUT2D eigenvalue weighted by Gasteiger charge is 2.36. The van der Waals surface area contributed by atoms with Crippen molar-refractivity contribution in [2.24, 2.45) is 5.73 Å². The fraction of sp³-hybridized carbons (Fsp3) is 0.448. The van der Waals surface area contributed by atoms with E-state index in [2.05, 4.69) is 5.32 Å². The van der Waals surface area contributed by atoms with Crippen molar-refractivity contribution in [2.75, 3.05) is 49.2 Å². The summed E-state index contributed by atoms with van der Waals surface area (Å²) in [5.41, 5.74) is 6.31. The van der Waals surface area contributed by atoms with Crippen LogP contribution < -0.4 is 20.9 Å². The van der Waals surface area contributed by atoms with Crippen molar-refractivity contribution in [3.63, 3.8) is 0 Å². The summed E-state index contributed by atoms with van der Waals surface area (Å²) in [6, 6.07) is 8.96. The summed E-state index contributed by atoms with van der Waals surface area (Å²) >= 11 is 7.05. The predicted octanol–water partition coefficient (Wildman–Crippen LogP) is 2.24. The molecule has 0 radical (unpaired) electrons. The topological polar surface area (TPSA) is 189 Å². The standard InChI is InChI=1S/C29H34ClN5O9S/c30-23-10-9-22(45-23)27(39)35(25(37)3-1-2-12-32-21(28(40)41)8-11-24(31)36)16-20-15-34(29(42)44-20)19-6-4-18(5-7-19)33-13-14-43-17-26(33)38/h4-7,9-10,20-21,32H,1-3,8,11-17H2,(H2,31,36)(H,40,41)/t20-,21+/m1/s1. The smallest absolute Gasteiger partial charge is 0.414 e. The molecule has 0 unspecified atom stereocenters. The number of carbonyl (C=O) groups is 6. The number of nitrogens with two attached hydrogens (primary N) is 1. The van der Waals surface area contributed by atoms with Crippen molar-refractivity contribution in [2.45, 2.75) is 44.2 Å². The van der Waals surface area contributed by atoms with Crippen molar-refractivity contribution in [1.82, 2.24) is 10.2 Å². The molecule has 0 spiro atoms. The van der Waals surface area contributed by atoms with Gasteiger partial charge in [-0.25, -0.2) is 4.79 Å². The van der Waals surface area contributed by atoms with Crippen LogP contribution in [0.2, 0.25) is 4.34 Å². The van der Waals surface area contributed by atoms with Gasteiger partial charge in [-0.15, -0.1) is 11.3 Å². The lowest BCUT2D eigenvalue weighted by atomic mass is 10.1. The number of cyclic esters (lactones) is 1. The van der Waals surface area contributed by atoms with Gasteiger partial charge in [-0.3, -0.25) is 33.8 Å². The van der Waals surface area contributed by atoms with Crippen LogP contribution in [0.25, 0.3) is 0 Å². The molecular formula is C29H34ClN5O9S. The Morgan fingerprint density at radius 3 is 2.40 bits per heavy atom. The van der Waals surface area contributed by atoms with E-state index < -0.39 is 41.9 Å². The third-order valence-corrected chi connectivity index (χ3v) is 8.45. The van der Waals surface area contributed by atoms with Gasteiger partial charge in [0.1, 0.15) is 18.8 Å². The third kappa shape index (κ3) is 9.23. The Kier molecular flexibility index (Phi) is 11.9. The monoisotopic (exact) mass is 663 g/mol. The summed E-state index contributed by atoms with van der Waals surface area (Å²) < 4.78 is 11.1. The number of primary amides is 1. The molecule has 0 bridgehead atoms. The molecular weight excluding hydrogens is 630 g/mol. The van der Waals surface area contributed by atoms with Crippen molar-refractivity contribution in [3.8, 4) is 0 Å². The van der Waals surface area contributed by atoms with Gasteiger partial charge in [-0.05, 0) is 62.2 Å². The molecule has 2 atom stereocenters. The van der Waals surface area contributed by atoms with E-state index in [0.29, 0.717) is 41.7 Å². The van der Waals surface area contributed by atoms with Crippen LogP contribution in [0.3, 0.4) is 0 Å². The highest BCUT2D eigenvalue weighted by atomic mass is 35.5. The van der Waals surface area contributed by atoms with E-state index >= 15 is 0 Å². The Hall–Kier alpha value is -4.05. The summed E-state index contributed by atoms with van der Waals surface area (Å²) in [5.74, 6) is -2.91. The molecule has 4 rings (SSSR count). The number of amides is 5. The van der Waals surface area contributed by atoms with Crippen molar-refractivity contribution in [1.29, 1.82) is 0 Å². The minimum atomic E-state index is -1.11. The number of carbonyl (C=O) groups excluding carboxylic acids is 5. The van der Waals surface area contributed by atoms with Gasteiger partial charge in [0.05, 0.1) is 28.9 Å². The van der Waals surface area contributed by atoms with Crippen LogP contribution >= 0.6 is 22.9 Å². The van der Waals surface area contributed by atoms with Crippen LogP contribution in [0.15, 0.2) is 36.4 Å². The van der Waals surface area contributed by atoms with Crippen molar-refractivity contribution in [3.05, 3.63) is 45.6 Å².